The highest BCUT2D eigenvalue weighted by Crippen LogP contribution is 2.25. The Balaban J connectivity index is 1.72. The maximum atomic E-state index is 12.7. The van der Waals surface area contributed by atoms with Gasteiger partial charge in [0.1, 0.15) is 5.75 Å². The van der Waals surface area contributed by atoms with Gasteiger partial charge in [-0.05, 0) is 61.9 Å². The van der Waals surface area contributed by atoms with E-state index in [0.717, 1.165) is 16.9 Å². The molecule has 2 aromatic carbocycles. The van der Waals surface area contributed by atoms with Gasteiger partial charge in [-0.1, -0.05) is 0 Å². The zero-order valence-corrected chi connectivity index (χ0v) is 18.2. The molecule has 0 saturated carbocycles. The van der Waals surface area contributed by atoms with Crippen molar-refractivity contribution >= 4 is 32.9 Å². The van der Waals surface area contributed by atoms with Crippen molar-refractivity contribution in [2.24, 2.45) is 0 Å². The summed E-state index contributed by atoms with van der Waals surface area (Å²) in [4.78, 5) is 2.11. The fourth-order valence-corrected chi connectivity index (χ4v) is 3.90. The molecule has 3 rings (SSSR count). The van der Waals surface area contributed by atoms with E-state index in [0.29, 0.717) is 23.9 Å². The Labute approximate surface area is 177 Å². The molecule has 0 unspecified atom stereocenters. The molecule has 0 bridgehead atoms. The quantitative estimate of drug-likeness (QED) is 0.564. The molecule has 3 aromatic rings. The van der Waals surface area contributed by atoms with Crippen molar-refractivity contribution in [1.29, 1.82) is 0 Å². The third-order valence-corrected chi connectivity index (χ3v) is 5.70. The van der Waals surface area contributed by atoms with E-state index < -0.39 is 10.0 Å². The molecule has 0 aliphatic heterocycles. The summed E-state index contributed by atoms with van der Waals surface area (Å²) in [7, 11) is 0.140. The number of rotatable bonds is 8. The summed E-state index contributed by atoms with van der Waals surface area (Å²) in [5.41, 5.74) is 2.91. The van der Waals surface area contributed by atoms with E-state index in [1.165, 1.54) is 6.07 Å². The lowest BCUT2D eigenvalue weighted by molar-refractivity contribution is 0.337. The second-order valence-electron chi connectivity index (χ2n) is 6.86. The first-order valence-electron chi connectivity index (χ1n) is 9.42. The van der Waals surface area contributed by atoms with Crippen molar-refractivity contribution in [3.05, 3.63) is 60.3 Å². The molecule has 9 heteroatoms. The molecule has 1 aromatic heterocycles. The number of sulfonamides is 1. The van der Waals surface area contributed by atoms with Crippen molar-refractivity contribution in [3.8, 4) is 5.75 Å². The van der Waals surface area contributed by atoms with Gasteiger partial charge in [-0.25, -0.2) is 8.42 Å². The third-order valence-electron chi connectivity index (χ3n) is 4.32. The first-order chi connectivity index (χ1) is 14.3. The van der Waals surface area contributed by atoms with Crippen molar-refractivity contribution in [1.82, 2.24) is 10.2 Å². The molecule has 8 nitrogen and oxygen atoms in total. The highest BCUT2D eigenvalue weighted by atomic mass is 32.2. The highest BCUT2D eigenvalue weighted by molar-refractivity contribution is 7.92. The van der Waals surface area contributed by atoms with E-state index in [1.54, 1.807) is 42.6 Å². The molecule has 0 atom stereocenters. The number of ether oxygens (including phenoxy) is 1. The number of anilines is 4. The van der Waals surface area contributed by atoms with Crippen LogP contribution >= 0.6 is 0 Å². The Bertz CT molecular complexity index is 1120. The van der Waals surface area contributed by atoms with Crippen LogP contribution in [-0.4, -0.2) is 39.3 Å². The van der Waals surface area contributed by atoms with Gasteiger partial charge in [0, 0.05) is 31.5 Å². The highest BCUT2D eigenvalue weighted by Gasteiger charge is 2.16. The summed E-state index contributed by atoms with van der Waals surface area (Å²) < 4.78 is 33.5. The third kappa shape index (κ3) is 5.18. The monoisotopic (exact) mass is 427 g/mol. The molecule has 0 aliphatic rings. The van der Waals surface area contributed by atoms with Crippen LogP contribution in [0.4, 0.5) is 22.9 Å². The average Bonchev–Trinajstić information content (AvgIpc) is 2.71. The second-order valence-corrected chi connectivity index (χ2v) is 8.54. The average molecular weight is 428 g/mol. The lowest BCUT2D eigenvalue weighted by atomic mass is 10.2. The van der Waals surface area contributed by atoms with Crippen molar-refractivity contribution in [2.45, 2.75) is 18.7 Å². The number of aromatic nitrogens is 2. The summed E-state index contributed by atoms with van der Waals surface area (Å²) in [6, 6.07) is 13.6. The first kappa shape index (κ1) is 21.4. The molecule has 1 heterocycles. The molecular formula is C21H25N5O3S. The van der Waals surface area contributed by atoms with Crippen LogP contribution < -0.4 is 19.7 Å². The molecule has 0 fully saturated rings. The smallest absolute Gasteiger partial charge is 0.261 e. The summed E-state index contributed by atoms with van der Waals surface area (Å²) in [5.74, 6) is 1.27. The predicted octanol–water partition coefficient (Wildman–Crippen LogP) is 3.79. The van der Waals surface area contributed by atoms with Crippen molar-refractivity contribution in [2.75, 3.05) is 35.6 Å². The lowest BCUT2D eigenvalue weighted by Gasteiger charge is -2.13. The van der Waals surface area contributed by atoms with Gasteiger partial charge in [0.15, 0.2) is 5.82 Å². The molecule has 0 aliphatic carbocycles. The Morgan fingerprint density at radius 1 is 1.03 bits per heavy atom. The standard InChI is InChI=1S/C21H25N5O3S/c1-5-29-20-11-10-19(12-15(20)2)30(27,28)25-17-8-6-16(7-9-17)23-21-13-18(26(3)4)14-22-24-21/h6-14,25H,5H2,1-4H3,(H,23,24). The number of benzene rings is 2. The summed E-state index contributed by atoms with van der Waals surface area (Å²) in [6.45, 7) is 4.23. The Kier molecular flexibility index (Phi) is 6.41. The SMILES string of the molecule is CCOc1ccc(S(=O)(=O)Nc2ccc(Nc3cc(N(C)C)cnn3)cc2)cc1C. The largest absolute Gasteiger partial charge is 0.494 e. The van der Waals surface area contributed by atoms with Gasteiger partial charge < -0.3 is 15.0 Å². The number of aryl methyl sites for hydroxylation is 1. The van der Waals surface area contributed by atoms with Crippen LogP contribution in [0.1, 0.15) is 12.5 Å². The van der Waals surface area contributed by atoms with Gasteiger partial charge in [-0.2, -0.15) is 5.10 Å². The lowest BCUT2D eigenvalue weighted by Crippen LogP contribution is -2.13. The zero-order valence-electron chi connectivity index (χ0n) is 17.4. The number of hydrogen-bond donors (Lipinski definition) is 2. The maximum Gasteiger partial charge on any atom is 0.261 e. The van der Waals surface area contributed by atoms with Gasteiger partial charge >= 0.3 is 0 Å². The second kappa shape index (κ2) is 9.00. The van der Waals surface area contributed by atoms with Gasteiger partial charge in [-0.3, -0.25) is 4.72 Å². The van der Waals surface area contributed by atoms with Crippen molar-refractivity contribution in [3.63, 3.8) is 0 Å². The molecule has 158 valence electrons. The topological polar surface area (TPSA) is 96.5 Å². The van der Waals surface area contributed by atoms with E-state index >= 15 is 0 Å². The molecule has 30 heavy (non-hydrogen) atoms. The van der Waals surface area contributed by atoms with E-state index in [4.69, 9.17) is 4.74 Å². The predicted molar refractivity (Wildman–Crippen MR) is 119 cm³/mol. The molecule has 0 spiro atoms. The minimum atomic E-state index is -3.71. The van der Waals surface area contributed by atoms with Gasteiger partial charge in [0.25, 0.3) is 10.0 Å². The van der Waals surface area contributed by atoms with E-state index in [1.807, 2.05) is 38.9 Å². The van der Waals surface area contributed by atoms with Crippen LogP contribution in [0.3, 0.4) is 0 Å². The summed E-state index contributed by atoms with van der Waals surface area (Å²) in [6.07, 6.45) is 1.67. The normalized spacial score (nSPS) is 11.1. The molecule has 0 saturated heterocycles. The Hall–Kier alpha value is -3.33. The van der Waals surface area contributed by atoms with Crippen LogP contribution in [0, 0.1) is 6.92 Å². The first-order valence-corrected chi connectivity index (χ1v) is 10.9. The summed E-state index contributed by atoms with van der Waals surface area (Å²) >= 11 is 0. The minimum absolute atomic E-state index is 0.182. The van der Waals surface area contributed by atoms with Gasteiger partial charge in [0.05, 0.1) is 23.4 Å². The zero-order chi connectivity index (χ0) is 21.7. The summed E-state index contributed by atoms with van der Waals surface area (Å²) in [5, 5.41) is 11.2. The number of nitrogens with one attached hydrogen (secondary N) is 2. The Morgan fingerprint density at radius 2 is 1.73 bits per heavy atom. The maximum absolute atomic E-state index is 12.7. The van der Waals surface area contributed by atoms with E-state index in [-0.39, 0.29) is 4.90 Å². The van der Waals surface area contributed by atoms with Crippen LogP contribution in [0.2, 0.25) is 0 Å². The fourth-order valence-electron chi connectivity index (χ4n) is 2.75. The van der Waals surface area contributed by atoms with Gasteiger partial charge in [-0.15, -0.1) is 5.10 Å². The molecule has 0 radical (unpaired) electrons. The van der Waals surface area contributed by atoms with E-state index in [2.05, 4.69) is 20.2 Å². The Morgan fingerprint density at radius 3 is 2.37 bits per heavy atom. The van der Waals surface area contributed by atoms with E-state index in [9.17, 15) is 8.42 Å². The van der Waals surface area contributed by atoms with Crippen LogP contribution in [0.5, 0.6) is 5.75 Å². The van der Waals surface area contributed by atoms with Crippen LogP contribution in [0.15, 0.2) is 59.6 Å². The van der Waals surface area contributed by atoms with Gasteiger partial charge in [0.2, 0.25) is 0 Å². The number of nitrogens with zero attached hydrogens (tertiary/aromatic N) is 3. The van der Waals surface area contributed by atoms with Crippen LogP contribution in [-0.2, 0) is 10.0 Å². The molecular weight excluding hydrogens is 402 g/mol. The number of hydrogen-bond acceptors (Lipinski definition) is 7. The molecule has 2 N–H and O–H groups in total. The fraction of sp³-hybridized carbons (Fsp3) is 0.238. The minimum Gasteiger partial charge on any atom is -0.494 e. The van der Waals surface area contributed by atoms with Crippen LogP contribution in [0.25, 0.3) is 0 Å². The van der Waals surface area contributed by atoms with Crippen molar-refractivity contribution < 1.29 is 13.2 Å². The molecule has 0 amide bonds.